The van der Waals surface area contributed by atoms with Gasteiger partial charge in [0.05, 0.1) is 17.8 Å². The average Bonchev–Trinajstić information content (AvgIpc) is 2.94. The summed E-state index contributed by atoms with van der Waals surface area (Å²) in [4.78, 5) is 32.6. The van der Waals surface area contributed by atoms with E-state index in [2.05, 4.69) is 19.2 Å². The van der Waals surface area contributed by atoms with Gasteiger partial charge in [-0.3, -0.25) is 4.79 Å². The first-order valence-electron chi connectivity index (χ1n) is 11.9. The summed E-state index contributed by atoms with van der Waals surface area (Å²) >= 11 is 1.59. The second kappa shape index (κ2) is 9.55. The van der Waals surface area contributed by atoms with Gasteiger partial charge in [0.2, 0.25) is 0 Å². The highest BCUT2D eigenvalue weighted by Crippen LogP contribution is 2.43. The third kappa shape index (κ3) is 4.42. The van der Waals surface area contributed by atoms with Crippen molar-refractivity contribution in [3.63, 3.8) is 0 Å². The summed E-state index contributed by atoms with van der Waals surface area (Å²) in [6, 6.07) is 24.0. The molecule has 2 aliphatic heterocycles. The molecule has 0 unspecified atom stereocenters. The maximum atomic E-state index is 13.7. The Labute approximate surface area is 205 Å². The van der Waals surface area contributed by atoms with E-state index in [1.165, 1.54) is 0 Å². The van der Waals surface area contributed by atoms with Crippen molar-refractivity contribution in [3.8, 4) is 0 Å². The molecule has 2 aliphatic rings. The van der Waals surface area contributed by atoms with Crippen LogP contribution < -0.4 is 10.2 Å². The van der Waals surface area contributed by atoms with Gasteiger partial charge in [0.1, 0.15) is 0 Å². The van der Waals surface area contributed by atoms with Crippen LogP contribution in [-0.4, -0.2) is 28.9 Å². The van der Waals surface area contributed by atoms with Gasteiger partial charge in [0, 0.05) is 27.6 Å². The van der Waals surface area contributed by atoms with E-state index in [-0.39, 0.29) is 24.0 Å². The summed E-state index contributed by atoms with van der Waals surface area (Å²) in [5, 5.41) is 3.10. The van der Waals surface area contributed by atoms with Crippen molar-refractivity contribution < 1.29 is 9.59 Å². The van der Waals surface area contributed by atoms with Crippen LogP contribution in [0.4, 0.5) is 16.2 Å². The predicted molar refractivity (Wildman–Crippen MR) is 138 cm³/mol. The van der Waals surface area contributed by atoms with Crippen LogP contribution in [0.1, 0.15) is 49.0 Å². The quantitative estimate of drug-likeness (QED) is 0.457. The van der Waals surface area contributed by atoms with Crippen molar-refractivity contribution in [2.24, 2.45) is 0 Å². The Morgan fingerprint density at radius 1 is 0.941 bits per heavy atom. The van der Waals surface area contributed by atoms with Gasteiger partial charge in [-0.25, -0.2) is 4.79 Å². The Kier molecular flexibility index (Phi) is 6.33. The molecule has 3 aromatic carbocycles. The lowest BCUT2D eigenvalue weighted by Crippen LogP contribution is -2.49. The van der Waals surface area contributed by atoms with Gasteiger partial charge in [-0.15, -0.1) is 0 Å². The lowest BCUT2D eigenvalue weighted by molar-refractivity contribution is 0.0982. The average molecular weight is 472 g/mol. The number of carbonyl (C=O) groups is 2. The number of rotatable bonds is 3. The monoisotopic (exact) mass is 471 g/mol. The number of nitrogens with one attached hydrogen (secondary N) is 1. The number of nitrogens with zero attached hydrogens (tertiary/aromatic N) is 2. The van der Waals surface area contributed by atoms with Crippen LogP contribution in [0.25, 0.3) is 0 Å². The number of piperidine rings is 1. The second-order valence-corrected chi connectivity index (χ2v) is 10.2. The number of likely N-dealkylation sites (tertiary alicyclic amines) is 1. The Balaban J connectivity index is 1.50. The normalized spacial score (nSPS) is 19.8. The molecule has 0 saturated carbocycles. The molecule has 1 saturated heterocycles. The molecule has 3 aromatic rings. The first-order chi connectivity index (χ1) is 16.5. The van der Waals surface area contributed by atoms with Crippen LogP contribution in [0.2, 0.25) is 0 Å². The van der Waals surface area contributed by atoms with Crippen molar-refractivity contribution in [1.29, 1.82) is 0 Å². The molecule has 5 nitrogen and oxygen atoms in total. The molecule has 1 N–H and O–H groups in total. The summed E-state index contributed by atoms with van der Waals surface area (Å²) in [6.45, 7) is 4.68. The van der Waals surface area contributed by atoms with Crippen molar-refractivity contribution in [3.05, 3.63) is 83.9 Å². The minimum Gasteiger partial charge on any atom is -0.319 e. The predicted octanol–water partition coefficient (Wildman–Crippen LogP) is 6.79. The van der Waals surface area contributed by atoms with E-state index in [0.717, 1.165) is 40.3 Å². The number of hydrogen-bond acceptors (Lipinski definition) is 3. The van der Waals surface area contributed by atoms with Gasteiger partial charge in [0.25, 0.3) is 5.91 Å². The van der Waals surface area contributed by atoms with Crippen LogP contribution >= 0.6 is 11.8 Å². The fourth-order valence-electron chi connectivity index (χ4n) is 4.93. The lowest BCUT2D eigenvalue weighted by Gasteiger charge is -2.39. The van der Waals surface area contributed by atoms with Crippen LogP contribution in [0.15, 0.2) is 82.6 Å². The number of hydrogen-bond donors (Lipinski definition) is 1. The molecule has 0 spiro atoms. The second-order valence-electron chi connectivity index (χ2n) is 9.12. The molecule has 0 aliphatic carbocycles. The minimum absolute atomic E-state index is 0.0348. The molecule has 0 radical (unpaired) electrons. The Morgan fingerprint density at radius 2 is 1.65 bits per heavy atom. The van der Waals surface area contributed by atoms with Crippen molar-refractivity contribution in [2.75, 3.05) is 10.2 Å². The van der Waals surface area contributed by atoms with E-state index in [1.807, 2.05) is 82.6 Å². The first kappa shape index (κ1) is 22.5. The third-order valence-corrected chi connectivity index (χ3v) is 7.84. The fraction of sp³-hybridized carbons (Fsp3) is 0.286. The van der Waals surface area contributed by atoms with E-state index < -0.39 is 0 Å². The van der Waals surface area contributed by atoms with Gasteiger partial charge in [-0.2, -0.15) is 0 Å². The zero-order valence-electron chi connectivity index (χ0n) is 19.5. The molecule has 3 amide bonds. The highest BCUT2D eigenvalue weighted by molar-refractivity contribution is 7.99. The van der Waals surface area contributed by atoms with E-state index in [1.54, 1.807) is 11.8 Å². The molecule has 0 bridgehead atoms. The maximum Gasteiger partial charge on any atom is 0.322 e. The van der Waals surface area contributed by atoms with Crippen LogP contribution in [0.3, 0.4) is 0 Å². The zero-order valence-corrected chi connectivity index (χ0v) is 20.3. The Bertz CT molecular complexity index is 1200. The van der Waals surface area contributed by atoms with Crippen LogP contribution in [-0.2, 0) is 6.54 Å². The zero-order chi connectivity index (χ0) is 23.7. The first-order valence-corrected chi connectivity index (χ1v) is 12.7. The number of fused-ring (bicyclic) bond motifs is 2. The molecule has 34 heavy (non-hydrogen) atoms. The van der Waals surface area contributed by atoms with Crippen LogP contribution in [0, 0.1) is 0 Å². The SMILES string of the molecule is C[C@H]1CCC[C@H](C)N1C(=O)Nc1ccc2c(c1)N(Cc1ccccc1)C(=O)c1ccccc1S2. The molecular weight excluding hydrogens is 442 g/mol. The molecule has 6 heteroatoms. The topological polar surface area (TPSA) is 52.7 Å². The van der Waals surface area contributed by atoms with Crippen LogP contribution in [0.5, 0.6) is 0 Å². The molecule has 2 heterocycles. The summed E-state index contributed by atoms with van der Waals surface area (Å²) in [6.07, 6.45) is 3.20. The van der Waals surface area contributed by atoms with Gasteiger partial charge in [-0.1, -0.05) is 54.2 Å². The number of urea groups is 1. The summed E-state index contributed by atoms with van der Waals surface area (Å²) in [5.41, 5.74) is 3.26. The third-order valence-electron chi connectivity index (χ3n) is 6.70. The Morgan fingerprint density at radius 3 is 2.41 bits per heavy atom. The molecule has 174 valence electrons. The van der Waals surface area contributed by atoms with E-state index in [0.29, 0.717) is 17.8 Å². The molecule has 2 atom stereocenters. The fourth-order valence-corrected chi connectivity index (χ4v) is 5.99. The van der Waals surface area contributed by atoms with Gasteiger partial charge < -0.3 is 15.1 Å². The van der Waals surface area contributed by atoms with Crippen molar-refractivity contribution in [1.82, 2.24) is 4.90 Å². The smallest absolute Gasteiger partial charge is 0.319 e. The number of benzene rings is 3. The largest absolute Gasteiger partial charge is 0.322 e. The van der Waals surface area contributed by atoms with Crippen molar-refractivity contribution >= 4 is 35.1 Å². The minimum atomic E-state index is -0.0786. The van der Waals surface area contributed by atoms with E-state index in [4.69, 9.17) is 0 Å². The van der Waals surface area contributed by atoms with Gasteiger partial charge in [0.15, 0.2) is 0 Å². The summed E-state index contributed by atoms with van der Waals surface area (Å²) < 4.78 is 0. The Hall–Kier alpha value is -3.25. The summed E-state index contributed by atoms with van der Waals surface area (Å²) in [7, 11) is 0. The molecule has 1 fully saturated rings. The van der Waals surface area contributed by atoms with E-state index >= 15 is 0 Å². The van der Waals surface area contributed by atoms with Crippen molar-refractivity contribution in [2.45, 2.75) is 61.5 Å². The molecular formula is C28H29N3O2S. The highest BCUT2D eigenvalue weighted by Gasteiger charge is 2.30. The highest BCUT2D eigenvalue weighted by atomic mass is 32.2. The van der Waals surface area contributed by atoms with Gasteiger partial charge in [-0.05, 0) is 69.0 Å². The number of amides is 3. The molecule has 5 rings (SSSR count). The van der Waals surface area contributed by atoms with Gasteiger partial charge >= 0.3 is 6.03 Å². The molecule has 0 aromatic heterocycles. The number of carbonyl (C=O) groups excluding carboxylic acids is 2. The lowest BCUT2D eigenvalue weighted by atomic mass is 9.98. The maximum absolute atomic E-state index is 13.7. The van der Waals surface area contributed by atoms with E-state index in [9.17, 15) is 9.59 Å². The number of anilines is 2. The standard InChI is InChI=1S/C28H29N3O2S/c1-19-9-8-10-20(2)31(19)28(33)29-22-15-16-26-24(17-22)30(18-21-11-4-3-5-12-21)27(32)23-13-6-7-14-25(23)34-26/h3-7,11-17,19-20H,8-10,18H2,1-2H3,(H,29,33)/t19-,20-/m0/s1. The summed E-state index contributed by atoms with van der Waals surface area (Å²) in [5.74, 6) is -0.0348.